The topological polar surface area (TPSA) is 241 Å². The minimum Gasteiger partial charge on any atom is -0.370 e. The van der Waals surface area contributed by atoms with Crippen LogP contribution >= 0.6 is 0 Å². The Balaban J connectivity index is 2.19. The second-order valence-electron chi connectivity index (χ2n) is 8.23. The molecule has 0 aromatic carbocycles. The fourth-order valence-electron chi connectivity index (χ4n) is 3.69. The Bertz CT molecular complexity index is 882. The van der Waals surface area contributed by atoms with E-state index in [2.05, 4.69) is 25.6 Å². The highest BCUT2D eigenvalue weighted by Crippen LogP contribution is 2.19. The number of nitrogens with two attached hydrogens (primary N) is 4. The fraction of sp³-hybridized carbons (Fsp3) is 0.600. The molecule has 4 atom stereocenters. The number of H-pyrrole nitrogens is 1. The Morgan fingerprint density at radius 2 is 1.91 bits per heavy atom. The predicted molar refractivity (Wildman–Crippen MR) is 124 cm³/mol. The van der Waals surface area contributed by atoms with E-state index >= 15 is 0 Å². The molecule has 11 N–H and O–H groups in total. The van der Waals surface area contributed by atoms with Gasteiger partial charge in [-0.1, -0.05) is 0 Å². The molecule has 0 radical (unpaired) electrons. The second kappa shape index (κ2) is 12.5. The lowest BCUT2D eigenvalue weighted by Crippen LogP contribution is -2.57. The molecule has 2 rings (SSSR count). The van der Waals surface area contributed by atoms with Crippen LogP contribution in [0.4, 0.5) is 0 Å². The van der Waals surface area contributed by atoms with E-state index in [1.807, 2.05) is 0 Å². The van der Waals surface area contributed by atoms with Gasteiger partial charge in [-0.2, -0.15) is 0 Å². The number of carbonyl (C=O) groups is 4. The number of primary amides is 1. The monoisotopic (exact) mass is 478 g/mol. The van der Waals surface area contributed by atoms with E-state index in [0.29, 0.717) is 31.5 Å². The van der Waals surface area contributed by atoms with Gasteiger partial charge in [0.1, 0.15) is 18.1 Å². The number of aromatic amines is 1. The fourth-order valence-corrected chi connectivity index (χ4v) is 3.69. The third-order valence-electron chi connectivity index (χ3n) is 5.45. The van der Waals surface area contributed by atoms with Crippen molar-refractivity contribution in [2.45, 2.75) is 63.2 Å². The molecule has 1 aliphatic rings. The zero-order valence-electron chi connectivity index (χ0n) is 19.2. The third-order valence-corrected chi connectivity index (χ3v) is 5.45. The van der Waals surface area contributed by atoms with E-state index in [1.54, 1.807) is 0 Å². The summed E-state index contributed by atoms with van der Waals surface area (Å²) in [6.45, 7) is 2.10. The van der Waals surface area contributed by atoms with Crippen LogP contribution in [0.25, 0.3) is 0 Å². The Kier molecular flexibility index (Phi) is 9.79. The van der Waals surface area contributed by atoms with Crippen LogP contribution in [0, 0.1) is 0 Å². The van der Waals surface area contributed by atoms with Gasteiger partial charge in [0.2, 0.25) is 23.6 Å². The quantitative estimate of drug-likeness (QED) is 0.0914. The van der Waals surface area contributed by atoms with Crippen molar-refractivity contribution in [2.24, 2.45) is 27.9 Å². The Labute approximate surface area is 197 Å². The average Bonchev–Trinajstić information content (AvgIpc) is 3.46. The standard InChI is InChI=1S/C20H34N10O4/c1-11(21)17(32)29-14(8-12-9-25-10-27-12)18(33)28-13(4-2-6-26-20(23)24)19(34)30-7-3-5-15(30)16(22)31/h9-11,13-15H,2-8,21H2,1H3,(H2,22,31)(H,25,27)(H,28,33)(H,29,32)(H4,23,24,26)/t11-,13-,14-,15-/m0/s1. The number of amides is 4. The van der Waals surface area contributed by atoms with E-state index in [9.17, 15) is 19.2 Å². The molecule has 1 saturated heterocycles. The van der Waals surface area contributed by atoms with Gasteiger partial charge in [0.25, 0.3) is 0 Å². The van der Waals surface area contributed by atoms with Crippen molar-refractivity contribution in [3.63, 3.8) is 0 Å². The first kappa shape index (κ1) is 26.6. The normalized spacial score (nSPS) is 17.9. The zero-order chi connectivity index (χ0) is 25.3. The molecule has 0 aliphatic carbocycles. The SMILES string of the molecule is C[C@H](N)C(=O)N[C@@H](Cc1cnc[nH]1)C(=O)N[C@@H](CCCN=C(N)N)C(=O)N1CCC[C@H]1C(N)=O. The summed E-state index contributed by atoms with van der Waals surface area (Å²) in [7, 11) is 0. The maximum absolute atomic E-state index is 13.3. The summed E-state index contributed by atoms with van der Waals surface area (Å²) in [5.74, 6) is -2.23. The van der Waals surface area contributed by atoms with Crippen molar-refractivity contribution >= 4 is 29.6 Å². The molecule has 1 fully saturated rings. The minimum absolute atomic E-state index is 0.0847. The molecule has 1 aromatic heterocycles. The van der Waals surface area contributed by atoms with Crippen LogP contribution in [0.1, 0.15) is 38.3 Å². The first-order valence-corrected chi connectivity index (χ1v) is 11.1. The Morgan fingerprint density at radius 1 is 1.21 bits per heavy atom. The molecule has 14 nitrogen and oxygen atoms in total. The first-order chi connectivity index (χ1) is 16.1. The molecule has 34 heavy (non-hydrogen) atoms. The summed E-state index contributed by atoms with van der Waals surface area (Å²) >= 11 is 0. The van der Waals surface area contributed by atoms with Gasteiger partial charge in [-0.05, 0) is 32.6 Å². The van der Waals surface area contributed by atoms with Crippen LogP contribution in [0.2, 0.25) is 0 Å². The summed E-state index contributed by atoms with van der Waals surface area (Å²) in [5.41, 5.74) is 22.4. The van der Waals surface area contributed by atoms with Gasteiger partial charge >= 0.3 is 0 Å². The zero-order valence-corrected chi connectivity index (χ0v) is 19.2. The molecule has 0 saturated carbocycles. The number of hydrogen-bond donors (Lipinski definition) is 7. The Morgan fingerprint density at radius 3 is 2.50 bits per heavy atom. The molecule has 0 unspecified atom stereocenters. The molecular weight excluding hydrogens is 444 g/mol. The number of nitrogens with one attached hydrogen (secondary N) is 3. The summed E-state index contributed by atoms with van der Waals surface area (Å²) in [4.78, 5) is 62.5. The maximum atomic E-state index is 13.3. The Hall–Kier alpha value is -3.68. The van der Waals surface area contributed by atoms with Crippen molar-refractivity contribution < 1.29 is 19.2 Å². The first-order valence-electron chi connectivity index (χ1n) is 11.1. The van der Waals surface area contributed by atoms with Crippen LogP contribution in [-0.4, -0.2) is 81.7 Å². The van der Waals surface area contributed by atoms with Crippen molar-refractivity contribution in [2.75, 3.05) is 13.1 Å². The van der Waals surface area contributed by atoms with E-state index in [0.717, 1.165) is 0 Å². The number of nitrogens with zero attached hydrogens (tertiary/aromatic N) is 3. The summed E-state index contributed by atoms with van der Waals surface area (Å²) in [6.07, 6.45) is 4.77. The number of rotatable bonds is 12. The molecule has 4 amide bonds. The van der Waals surface area contributed by atoms with Crippen molar-refractivity contribution in [3.05, 3.63) is 18.2 Å². The number of aromatic nitrogens is 2. The van der Waals surface area contributed by atoms with Crippen LogP contribution in [0.15, 0.2) is 17.5 Å². The number of likely N-dealkylation sites (tertiary alicyclic amines) is 1. The van der Waals surface area contributed by atoms with Crippen LogP contribution in [0.3, 0.4) is 0 Å². The van der Waals surface area contributed by atoms with Gasteiger partial charge in [-0.15, -0.1) is 0 Å². The highest BCUT2D eigenvalue weighted by molar-refractivity contribution is 5.94. The van der Waals surface area contributed by atoms with Crippen molar-refractivity contribution in [1.82, 2.24) is 25.5 Å². The predicted octanol–water partition coefficient (Wildman–Crippen LogP) is -3.20. The molecule has 1 aromatic rings. The van der Waals surface area contributed by atoms with Gasteiger partial charge in [0.15, 0.2) is 5.96 Å². The molecule has 0 bridgehead atoms. The van der Waals surface area contributed by atoms with Gasteiger partial charge in [-0.3, -0.25) is 24.2 Å². The van der Waals surface area contributed by atoms with Crippen molar-refractivity contribution in [3.8, 4) is 0 Å². The maximum Gasteiger partial charge on any atom is 0.245 e. The molecule has 188 valence electrons. The number of aliphatic imine (C=N–C) groups is 1. The van der Waals surface area contributed by atoms with Crippen LogP contribution < -0.4 is 33.6 Å². The summed E-state index contributed by atoms with van der Waals surface area (Å²) in [6, 6.07) is -3.56. The lowest BCUT2D eigenvalue weighted by atomic mass is 10.1. The molecule has 1 aliphatic heterocycles. The van der Waals surface area contributed by atoms with Gasteiger partial charge < -0.3 is 43.5 Å². The number of carbonyl (C=O) groups excluding carboxylic acids is 4. The van der Waals surface area contributed by atoms with E-state index in [4.69, 9.17) is 22.9 Å². The molecule has 0 spiro atoms. The number of guanidine groups is 1. The van der Waals surface area contributed by atoms with Gasteiger partial charge in [-0.25, -0.2) is 4.98 Å². The largest absolute Gasteiger partial charge is 0.370 e. The molecular formula is C20H34N10O4. The second-order valence-corrected chi connectivity index (χ2v) is 8.23. The van der Waals surface area contributed by atoms with Gasteiger partial charge in [0, 0.05) is 31.4 Å². The summed E-state index contributed by atoms with van der Waals surface area (Å²) < 4.78 is 0. The summed E-state index contributed by atoms with van der Waals surface area (Å²) in [5, 5.41) is 5.31. The lowest BCUT2D eigenvalue weighted by molar-refractivity contribution is -0.141. The van der Waals surface area contributed by atoms with Crippen molar-refractivity contribution in [1.29, 1.82) is 0 Å². The van der Waals surface area contributed by atoms with Crippen LogP contribution in [-0.2, 0) is 25.6 Å². The minimum atomic E-state index is -1.02. The number of hydrogen-bond acceptors (Lipinski definition) is 7. The molecule has 14 heteroatoms. The third kappa shape index (κ3) is 7.72. The molecule has 2 heterocycles. The van der Waals surface area contributed by atoms with Crippen LogP contribution in [0.5, 0.6) is 0 Å². The lowest BCUT2D eigenvalue weighted by Gasteiger charge is -2.29. The van der Waals surface area contributed by atoms with E-state index in [1.165, 1.54) is 24.3 Å². The number of imidazole rings is 1. The van der Waals surface area contributed by atoms with E-state index in [-0.39, 0.29) is 25.3 Å². The average molecular weight is 479 g/mol. The van der Waals surface area contributed by atoms with E-state index < -0.39 is 47.8 Å². The highest BCUT2D eigenvalue weighted by atomic mass is 16.2. The smallest absolute Gasteiger partial charge is 0.245 e. The highest BCUT2D eigenvalue weighted by Gasteiger charge is 2.37. The van der Waals surface area contributed by atoms with Gasteiger partial charge in [0.05, 0.1) is 12.4 Å².